The maximum absolute atomic E-state index is 11.9. The summed E-state index contributed by atoms with van der Waals surface area (Å²) in [6.07, 6.45) is 4.26. The second-order valence-corrected chi connectivity index (χ2v) is 5.20. The lowest BCUT2D eigenvalue weighted by atomic mass is 9.75. The van der Waals surface area contributed by atoms with Gasteiger partial charge in [-0.05, 0) is 56.9 Å². The van der Waals surface area contributed by atoms with Crippen molar-refractivity contribution >= 4 is 17.5 Å². The van der Waals surface area contributed by atoms with E-state index in [1.165, 1.54) is 13.3 Å². The molecule has 4 heteroatoms. The molecule has 19 heavy (non-hydrogen) atoms. The van der Waals surface area contributed by atoms with Crippen LogP contribution in [0.3, 0.4) is 0 Å². The Morgan fingerprint density at radius 3 is 2.26 bits per heavy atom. The van der Waals surface area contributed by atoms with Gasteiger partial charge in [0.25, 0.3) is 0 Å². The average molecular weight is 260 g/mol. The van der Waals surface area contributed by atoms with Gasteiger partial charge in [0.2, 0.25) is 0 Å². The van der Waals surface area contributed by atoms with Crippen molar-refractivity contribution in [1.82, 2.24) is 5.32 Å². The van der Waals surface area contributed by atoms with Crippen LogP contribution >= 0.6 is 0 Å². The van der Waals surface area contributed by atoms with Crippen molar-refractivity contribution in [3.05, 3.63) is 29.8 Å². The van der Waals surface area contributed by atoms with E-state index in [2.05, 4.69) is 17.6 Å². The number of amides is 2. The van der Waals surface area contributed by atoms with Crippen molar-refractivity contribution in [3.63, 3.8) is 0 Å². The number of carbonyl (C=O) groups excluding carboxylic acids is 2. The van der Waals surface area contributed by atoms with Crippen molar-refractivity contribution in [1.29, 1.82) is 0 Å². The van der Waals surface area contributed by atoms with Crippen LogP contribution in [0.5, 0.6) is 0 Å². The molecule has 2 amide bonds. The van der Waals surface area contributed by atoms with E-state index in [-0.39, 0.29) is 17.4 Å². The summed E-state index contributed by atoms with van der Waals surface area (Å²) in [4.78, 5) is 23.1. The first-order valence-electron chi connectivity index (χ1n) is 6.75. The summed E-state index contributed by atoms with van der Waals surface area (Å²) in [5.74, 6) is 0.0235. The molecule has 0 radical (unpaired) electrons. The molecule has 0 aromatic heterocycles. The molecule has 4 nitrogen and oxygen atoms in total. The standard InChI is InChI=1S/C15H20N2O2/c1-3-15(9-4-10-15)17-14(19)16-13-7-5-12(6-8-13)11(2)18/h5-8H,3-4,9-10H2,1-2H3,(H2,16,17,19). The summed E-state index contributed by atoms with van der Waals surface area (Å²) >= 11 is 0. The van der Waals surface area contributed by atoms with Gasteiger partial charge in [0, 0.05) is 16.8 Å². The number of carbonyl (C=O) groups is 2. The van der Waals surface area contributed by atoms with Gasteiger partial charge in [0.05, 0.1) is 0 Å². The van der Waals surface area contributed by atoms with Crippen LogP contribution in [0.1, 0.15) is 49.9 Å². The monoisotopic (exact) mass is 260 g/mol. The van der Waals surface area contributed by atoms with Crippen molar-refractivity contribution in [3.8, 4) is 0 Å². The van der Waals surface area contributed by atoms with Crippen LogP contribution in [0.4, 0.5) is 10.5 Å². The Bertz CT molecular complexity index is 470. The number of ketones is 1. The van der Waals surface area contributed by atoms with Gasteiger partial charge < -0.3 is 10.6 Å². The van der Waals surface area contributed by atoms with E-state index < -0.39 is 0 Å². The molecular weight excluding hydrogens is 240 g/mol. The number of Topliss-reactive ketones (excluding diaryl/α,β-unsaturated/α-hetero) is 1. The van der Waals surface area contributed by atoms with E-state index in [1.807, 2.05) is 0 Å². The highest BCUT2D eigenvalue weighted by Gasteiger charge is 2.36. The van der Waals surface area contributed by atoms with Gasteiger partial charge in [-0.3, -0.25) is 4.79 Å². The Morgan fingerprint density at radius 2 is 1.84 bits per heavy atom. The minimum absolute atomic E-state index is 0.0105. The van der Waals surface area contributed by atoms with Crippen LogP contribution in [-0.4, -0.2) is 17.4 Å². The summed E-state index contributed by atoms with van der Waals surface area (Å²) < 4.78 is 0. The van der Waals surface area contributed by atoms with E-state index in [0.717, 1.165) is 19.3 Å². The molecule has 1 saturated carbocycles. The topological polar surface area (TPSA) is 58.2 Å². The summed E-state index contributed by atoms with van der Waals surface area (Å²) in [5.41, 5.74) is 1.34. The van der Waals surface area contributed by atoms with E-state index >= 15 is 0 Å². The van der Waals surface area contributed by atoms with Crippen LogP contribution in [0, 0.1) is 0 Å². The number of hydrogen-bond donors (Lipinski definition) is 2. The zero-order chi connectivity index (χ0) is 13.9. The van der Waals surface area contributed by atoms with Crippen molar-refractivity contribution < 1.29 is 9.59 Å². The van der Waals surface area contributed by atoms with Gasteiger partial charge >= 0.3 is 6.03 Å². The highest BCUT2D eigenvalue weighted by molar-refractivity contribution is 5.95. The van der Waals surface area contributed by atoms with Gasteiger partial charge in [0.1, 0.15) is 0 Å². The summed E-state index contributed by atoms with van der Waals surface area (Å²) in [6, 6.07) is 6.76. The zero-order valence-corrected chi connectivity index (χ0v) is 11.5. The number of nitrogens with one attached hydrogen (secondary N) is 2. The third kappa shape index (κ3) is 3.13. The van der Waals surface area contributed by atoms with Gasteiger partial charge in [-0.2, -0.15) is 0 Å². The van der Waals surface area contributed by atoms with Gasteiger partial charge in [-0.1, -0.05) is 6.92 Å². The minimum atomic E-state index is -0.169. The first-order chi connectivity index (χ1) is 9.04. The molecule has 2 rings (SSSR count). The lowest BCUT2D eigenvalue weighted by molar-refractivity contribution is 0.101. The molecule has 1 aromatic rings. The Labute approximate surface area is 113 Å². The fourth-order valence-electron chi connectivity index (χ4n) is 2.36. The third-order valence-corrected chi connectivity index (χ3v) is 3.92. The van der Waals surface area contributed by atoms with Gasteiger partial charge in [-0.25, -0.2) is 4.79 Å². The summed E-state index contributed by atoms with van der Waals surface area (Å²) in [6.45, 7) is 3.62. The van der Waals surface area contributed by atoms with E-state index in [4.69, 9.17) is 0 Å². The quantitative estimate of drug-likeness (QED) is 0.816. The first-order valence-corrected chi connectivity index (χ1v) is 6.75. The molecule has 0 spiro atoms. The van der Waals surface area contributed by atoms with Crippen molar-refractivity contribution in [2.75, 3.05) is 5.32 Å². The second-order valence-electron chi connectivity index (χ2n) is 5.20. The molecule has 1 fully saturated rings. The number of rotatable bonds is 4. The van der Waals surface area contributed by atoms with Gasteiger partial charge in [-0.15, -0.1) is 0 Å². The lowest BCUT2D eigenvalue weighted by Gasteiger charge is -2.41. The fourth-order valence-corrected chi connectivity index (χ4v) is 2.36. The van der Waals surface area contributed by atoms with E-state index in [0.29, 0.717) is 11.3 Å². The lowest BCUT2D eigenvalue weighted by Crippen LogP contribution is -2.54. The molecule has 0 bridgehead atoms. The van der Waals surface area contributed by atoms with Crippen molar-refractivity contribution in [2.45, 2.75) is 45.1 Å². The van der Waals surface area contributed by atoms with Crippen LogP contribution < -0.4 is 10.6 Å². The average Bonchev–Trinajstić information content (AvgIpc) is 2.34. The Balaban J connectivity index is 1.93. The molecule has 0 aliphatic heterocycles. The van der Waals surface area contributed by atoms with Gasteiger partial charge in [0.15, 0.2) is 5.78 Å². The molecule has 1 aliphatic carbocycles. The van der Waals surface area contributed by atoms with E-state index in [1.54, 1.807) is 24.3 Å². The number of benzene rings is 1. The van der Waals surface area contributed by atoms with Crippen LogP contribution in [0.15, 0.2) is 24.3 Å². The van der Waals surface area contributed by atoms with Crippen LogP contribution in [-0.2, 0) is 0 Å². The molecule has 0 heterocycles. The van der Waals surface area contributed by atoms with E-state index in [9.17, 15) is 9.59 Å². The maximum Gasteiger partial charge on any atom is 0.319 e. The number of urea groups is 1. The number of hydrogen-bond acceptors (Lipinski definition) is 2. The predicted octanol–water partition coefficient (Wildman–Crippen LogP) is 3.34. The Morgan fingerprint density at radius 1 is 1.21 bits per heavy atom. The largest absolute Gasteiger partial charge is 0.332 e. The van der Waals surface area contributed by atoms with Crippen LogP contribution in [0.2, 0.25) is 0 Å². The molecule has 0 saturated heterocycles. The summed E-state index contributed by atoms with van der Waals surface area (Å²) in [7, 11) is 0. The van der Waals surface area contributed by atoms with Crippen molar-refractivity contribution in [2.24, 2.45) is 0 Å². The minimum Gasteiger partial charge on any atom is -0.332 e. The Hall–Kier alpha value is -1.84. The second kappa shape index (κ2) is 5.43. The molecule has 0 unspecified atom stereocenters. The normalized spacial score (nSPS) is 16.3. The molecular formula is C15H20N2O2. The van der Waals surface area contributed by atoms with Crippen LogP contribution in [0.25, 0.3) is 0 Å². The zero-order valence-electron chi connectivity index (χ0n) is 11.5. The smallest absolute Gasteiger partial charge is 0.319 e. The molecule has 1 aliphatic rings. The third-order valence-electron chi connectivity index (χ3n) is 3.92. The predicted molar refractivity (Wildman–Crippen MR) is 75.5 cm³/mol. The molecule has 102 valence electrons. The molecule has 2 N–H and O–H groups in total. The Kier molecular flexibility index (Phi) is 3.88. The molecule has 1 aromatic carbocycles. The maximum atomic E-state index is 11.9. The summed E-state index contributed by atoms with van der Waals surface area (Å²) in [5, 5.41) is 5.85. The fraction of sp³-hybridized carbons (Fsp3) is 0.467. The highest BCUT2D eigenvalue weighted by Crippen LogP contribution is 2.34. The molecule has 0 atom stereocenters. The SMILES string of the molecule is CCC1(NC(=O)Nc2ccc(C(C)=O)cc2)CCC1. The first kappa shape index (κ1) is 13.6. The number of anilines is 1. The highest BCUT2D eigenvalue weighted by atomic mass is 16.2.